The average Bonchev–Trinajstić information content (AvgIpc) is 3.24. The molecule has 6 nitrogen and oxygen atoms in total. The Hall–Kier alpha value is -3.65. The maximum atomic E-state index is 13.1. The van der Waals surface area contributed by atoms with Crippen molar-refractivity contribution >= 4 is 32.7 Å². The van der Waals surface area contributed by atoms with Gasteiger partial charge >= 0.3 is 5.97 Å². The minimum absolute atomic E-state index is 0.308. The minimum atomic E-state index is -1.02. The van der Waals surface area contributed by atoms with Crippen LogP contribution >= 0.6 is 11.3 Å². The minimum Gasteiger partial charge on any atom is -0.492 e. The van der Waals surface area contributed by atoms with Crippen LogP contribution in [-0.4, -0.2) is 35.3 Å². The fourth-order valence-electron chi connectivity index (χ4n) is 3.23. The molecule has 1 aromatic heterocycles. The Morgan fingerprint density at radius 3 is 2.64 bits per heavy atom. The van der Waals surface area contributed by atoms with E-state index >= 15 is 0 Å². The van der Waals surface area contributed by atoms with Crippen LogP contribution in [0.4, 0.5) is 9.52 Å². The number of carboxylic acid groups (broad SMARTS) is 1. The van der Waals surface area contributed by atoms with Gasteiger partial charge in [-0.25, -0.2) is 14.2 Å². The topological polar surface area (TPSA) is 71.9 Å². The first-order valence-corrected chi connectivity index (χ1v) is 11.3. The lowest BCUT2D eigenvalue weighted by atomic mass is 10.2. The number of anilines is 1. The lowest BCUT2D eigenvalue weighted by molar-refractivity contribution is -0.144. The predicted molar refractivity (Wildman–Crippen MR) is 127 cm³/mol. The van der Waals surface area contributed by atoms with Gasteiger partial charge in [0.25, 0.3) is 0 Å². The molecule has 1 N–H and O–H groups in total. The third-order valence-corrected chi connectivity index (χ3v) is 6.03. The zero-order valence-corrected chi connectivity index (χ0v) is 18.8. The number of aromatic nitrogens is 1. The number of carboxylic acids is 1. The summed E-state index contributed by atoms with van der Waals surface area (Å²) in [4.78, 5) is 18.0. The molecule has 1 unspecified atom stereocenters. The first-order valence-electron chi connectivity index (χ1n) is 10.5. The zero-order chi connectivity index (χ0) is 23.2. The molecule has 1 heterocycles. The smallest absolute Gasteiger partial charge is 0.344 e. The van der Waals surface area contributed by atoms with Gasteiger partial charge in [-0.1, -0.05) is 35.6 Å². The van der Waals surface area contributed by atoms with Gasteiger partial charge in [-0.15, -0.1) is 0 Å². The molecule has 0 saturated carbocycles. The summed E-state index contributed by atoms with van der Waals surface area (Å²) in [6.07, 6.45) is -0.940. The highest BCUT2D eigenvalue weighted by Gasteiger charge is 2.16. The van der Waals surface area contributed by atoms with Crippen molar-refractivity contribution in [2.45, 2.75) is 19.6 Å². The number of thiazole rings is 1. The van der Waals surface area contributed by atoms with Crippen molar-refractivity contribution < 1.29 is 23.8 Å². The van der Waals surface area contributed by atoms with E-state index in [1.807, 2.05) is 42.5 Å². The highest BCUT2D eigenvalue weighted by molar-refractivity contribution is 7.22. The fourth-order valence-corrected chi connectivity index (χ4v) is 4.22. The molecule has 170 valence electrons. The van der Waals surface area contributed by atoms with E-state index in [0.717, 1.165) is 20.9 Å². The van der Waals surface area contributed by atoms with Crippen molar-refractivity contribution in [3.05, 3.63) is 84.2 Å². The van der Waals surface area contributed by atoms with Gasteiger partial charge in [0.15, 0.2) is 11.2 Å². The second-order valence-electron chi connectivity index (χ2n) is 7.43. The standard InChI is InChI=1S/C25H23FN2O4S/c1-17(24(29)30)32-21-6-4-5-18(15-21)16-28(13-14-31-20-11-9-19(26)10-12-20)25-27-22-7-2-3-8-23(22)33-25/h2-12,15,17H,13-14,16H2,1H3,(H,29,30). The number of nitrogens with zero attached hydrogens (tertiary/aromatic N) is 2. The molecule has 0 spiro atoms. The third kappa shape index (κ3) is 5.98. The highest BCUT2D eigenvalue weighted by atomic mass is 32.1. The zero-order valence-electron chi connectivity index (χ0n) is 18.0. The molecule has 0 radical (unpaired) electrons. The summed E-state index contributed by atoms with van der Waals surface area (Å²) in [6.45, 7) is 2.96. The van der Waals surface area contributed by atoms with Crippen molar-refractivity contribution in [2.24, 2.45) is 0 Å². The van der Waals surface area contributed by atoms with Crippen molar-refractivity contribution in [1.29, 1.82) is 0 Å². The Bertz CT molecular complexity index is 1200. The van der Waals surface area contributed by atoms with E-state index in [-0.39, 0.29) is 5.82 Å². The fraction of sp³-hybridized carbons (Fsp3) is 0.200. The van der Waals surface area contributed by atoms with Gasteiger partial charge in [-0.3, -0.25) is 0 Å². The predicted octanol–water partition coefficient (Wildman–Crippen LogP) is 5.37. The number of benzene rings is 3. The normalized spacial score (nSPS) is 11.8. The summed E-state index contributed by atoms with van der Waals surface area (Å²) < 4.78 is 25.6. The van der Waals surface area contributed by atoms with E-state index < -0.39 is 12.1 Å². The summed E-state index contributed by atoms with van der Waals surface area (Å²) in [5.74, 6) is -0.236. The van der Waals surface area contributed by atoms with Crippen LogP contribution in [0.15, 0.2) is 72.8 Å². The molecule has 0 amide bonds. The highest BCUT2D eigenvalue weighted by Crippen LogP contribution is 2.30. The van der Waals surface area contributed by atoms with Gasteiger partial charge < -0.3 is 19.5 Å². The molecule has 0 aliphatic rings. The van der Waals surface area contributed by atoms with Crippen LogP contribution in [0.2, 0.25) is 0 Å². The van der Waals surface area contributed by atoms with Crippen LogP contribution in [0.25, 0.3) is 10.2 Å². The van der Waals surface area contributed by atoms with E-state index in [4.69, 9.17) is 19.6 Å². The second kappa shape index (κ2) is 10.3. The Balaban J connectivity index is 1.52. The van der Waals surface area contributed by atoms with E-state index in [9.17, 15) is 9.18 Å². The summed E-state index contributed by atoms with van der Waals surface area (Å²) >= 11 is 1.59. The third-order valence-electron chi connectivity index (χ3n) is 4.93. The summed E-state index contributed by atoms with van der Waals surface area (Å²) in [6, 6.07) is 21.2. The molecule has 4 aromatic rings. The van der Waals surface area contributed by atoms with Crippen LogP contribution in [-0.2, 0) is 11.3 Å². The molecule has 0 aliphatic carbocycles. The lowest BCUT2D eigenvalue weighted by Crippen LogP contribution is -2.28. The van der Waals surface area contributed by atoms with Crippen molar-refractivity contribution in [1.82, 2.24) is 4.98 Å². The molecule has 1 atom stereocenters. The number of carbonyl (C=O) groups is 1. The molecular formula is C25H23FN2O4S. The Morgan fingerprint density at radius 1 is 1.09 bits per heavy atom. The van der Waals surface area contributed by atoms with Gasteiger partial charge in [0.1, 0.15) is 23.9 Å². The number of rotatable bonds is 10. The number of ether oxygens (including phenoxy) is 2. The summed E-state index contributed by atoms with van der Waals surface area (Å²) in [5.41, 5.74) is 1.88. The molecule has 8 heteroatoms. The largest absolute Gasteiger partial charge is 0.492 e. The average molecular weight is 467 g/mol. The van der Waals surface area contributed by atoms with Crippen LogP contribution in [0, 0.1) is 5.82 Å². The number of hydrogen-bond acceptors (Lipinski definition) is 6. The van der Waals surface area contributed by atoms with Crippen molar-refractivity contribution in [3.63, 3.8) is 0 Å². The van der Waals surface area contributed by atoms with Crippen LogP contribution < -0.4 is 14.4 Å². The van der Waals surface area contributed by atoms with Crippen molar-refractivity contribution in [3.8, 4) is 11.5 Å². The molecule has 0 saturated heterocycles. The first-order chi connectivity index (χ1) is 16.0. The molecule has 0 aliphatic heterocycles. The van der Waals surface area contributed by atoms with E-state index in [0.29, 0.717) is 31.2 Å². The molecule has 33 heavy (non-hydrogen) atoms. The SMILES string of the molecule is CC(Oc1cccc(CN(CCOc2ccc(F)cc2)c2nc3ccccc3s2)c1)C(=O)O. The molecule has 3 aromatic carbocycles. The van der Waals surface area contributed by atoms with Gasteiger partial charge in [0, 0.05) is 6.54 Å². The quantitative estimate of drug-likeness (QED) is 0.339. The van der Waals surface area contributed by atoms with Crippen LogP contribution in [0.1, 0.15) is 12.5 Å². The van der Waals surface area contributed by atoms with Crippen molar-refractivity contribution in [2.75, 3.05) is 18.1 Å². The van der Waals surface area contributed by atoms with Crippen LogP contribution in [0.3, 0.4) is 0 Å². The van der Waals surface area contributed by atoms with Gasteiger partial charge in [0.2, 0.25) is 0 Å². The number of hydrogen-bond donors (Lipinski definition) is 1. The lowest BCUT2D eigenvalue weighted by Gasteiger charge is -2.22. The van der Waals surface area contributed by atoms with E-state index in [1.54, 1.807) is 29.5 Å². The summed E-state index contributed by atoms with van der Waals surface area (Å²) in [7, 11) is 0. The van der Waals surface area contributed by atoms with Crippen LogP contribution in [0.5, 0.6) is 11.5 Å². The Kier molecular flexibility index (Phi) is 7.04. The number of fused-ring (bicyclic) bond motifs is 1. The molecule has 4 rings (SSSR count). The molecular weight excluding hydrogens is 443 g/mol. The Labute approximate surface area is 194 Å². The molecule has 0 bridgehead atoms. The van der Waals surface area contributed by atoms with Gasteiger partial charge in [0.05, 0.1) is 16.8 Å². The van der Waals surface area contributed by atoms with E-state index in [1.165, 1.54) is 19.1 Å². The number of aliphatic carboxylic acids is 1. The van der Waals surface area contributed by atoms with E-state index in [2.05, 4.69) is 4.90 Å². The van der Waals surface area contributed by atoms with Gasteiger partial charge in [-0.05, 0) is 61.0 Å². The maximum Gasteiger partial charge on any atom is 0.344 e. The molecule has 0 fully saturated rings. The number of para-hydroxylation sites is 1. The second-order valence-corrected chi connectivity index (χ2v) is 8.44. The first kappa shape index (κ1) is 22.5. The monoisotopic (exact) mass is 466 g/mol. The summed E-state index contributed by atoms with van der Waals surface area (Å²) in [5, 5.41) is 9.96. The van der Waals surface area contributed by atoms with Gasteiger partial charge in [-0.2, -0.15) is 0 Å². The number of halogens is 1. The Morgan fingerprint density at radius 2 is 1.88 bits per heavy atom. The maximum absolute atomic E-state index is 13.1.